The minimum absolute atomic E-state index is 0.253. The third-order valence-corrected chi connectivity index (χ3v) is 5.92. The Morgan fingerprint density at radius 1 is 0.967 bits per heavy atom. The summed E-state index contributed by atoms with van der Waals surface area (Å²) in [4.78, 5) is 51.8. The maximum Gasteiger partial charge on any atom is 0.308 e. The molecule has 2 saturated heterocycles. The first kappa shape index (κ1) is 18.3. The summed E-state index contributed by atoms with van der Waals surface area (Å²) in [6.45, 7) is 1.30. The highest BCUT2D eigenvalue weighted by molar-refractivity contribution is 6.14. The standard InChI is InChI=1S/C23H18N2O5/c1-12(26)30-15-9-6-14(7-10-15)21(27)20-19-18(22(28)24-23(19)29)17-11-8-13-4-2-3-5-16(13)25(17)20/h2-11,17-20H,1H3,(H,24,28,29)/t17-,18-,19-,20+/m0/s1. The molecule has 0 spiro atoms. The first-order valence-corrected chi connectivity index (χ1v) is 9.68. The molecule has 5 rings (SSSR count). The van der Waals surface area contributed by atoms with E-state index in [9.17, 15) is 19.2 Å². The number of esters is 1. The number of nitrogens with one attached hydrogen (secondary N) is 1. The fourth-order valence-corrected chi connectivity index (χ4v) is 4.76. The number of nitrogens with zero attached hydrogens (tertiary/aromatic N) is 1. The second-order valence-corrected chi connectivity index (χ2v) is 7.65. The van der Waals surface area contributed by atoms with Crippen molar-refractivity contribution in [3.05, 3.63) is 65.7 Å². The van der Waals surface area contributed by atoms with Crippen LogP contribution in [0.4, 0.5) is 5.69 Å². The van der Waals surface area contributed by atoms with Crippen LogP contribution in [-0.2, 0) is 14.4 Å². The van der Waals surface area contributed by atoms with Crippen molar-refractivity contribution in [2.75, 3.05) is 4.90 Å². The molecule has 0 bridgehead atoms. The molecule has 30 heavy (non-hydrogen) atoms. The molecule has 2 aromatic rings. The number of imide groups is 1. The molecule has 2 fully saturated rings. The van der Waals surface area contributed by atoms with Gasteiger partial charge in [0.05, 0.1) is 17.9 Å². The number of para-hydroxylation sites is 1. The van der Waals surface area contributed by atoms with Crippen molar-refractivity contribution < 1.29 is 23.9 Å². The highest BCUT2D eigenvalue weighted by atomic mass is 16.5. The molecular weight excluding hydrogens is 384 g/mol. The van der Waals surface area contributed by atoms with Crippen molar-refractivity contribution in [3.63, 3.8) is 0 Å². The lowest BCUT2D eigenvalue weighted by Gasteiger charge is -2.35. The topological polar surface area (TPSA) is 92.8 Å². The van der Waals surface area contributed by atoms with Crippen LogP contribution in [0.2, 0.25) is 0 Å². The number of carbonyl (C=O) groups is 4. The summed E-state index contributed by atoms with van der Waals surface area (Å²) < 4.78 is 5.03. The monoisotopic (exact) mass is 402 g/mol. The number of Topliss-reactive ketones (excluding diaryl/α,β-unsaturated/α-hetero) is 1. The highest BCUT2D eigenvalue weighted by Gasteiger charge is 2.61. The summed E-state index contributed by atoms with van der Waals surface area (Å²) in [5.41, 5.74) is 2.15. The Balaban J connectivity index is 1.57. The highest BCUT2D eigenvalue weighted by Crippen LogP contribution is 2.46. The van der Waals surface area contributed by atoms with Gasteiger partial charge in [-0.1, -0.05) is 30.4 Å². The van der Waals surface area contributed by atoms with Crippen LogP contribution < -0.4 is 15.0 Å². The minimum atomic E-state index is -0.808. The molecule has 7 nitrogen and oxygen atoms in total. The van der Waals surface area contributed by atoms with Gasteiger partial charge in [-0.3, -0.25) is 24.5 Å². The van der Waals surface area contributed by atoms with Gasteiger partial charge in [-0.05, 0) is 35.9 Å². The SMILES string of the molecule is CC(=O)Oc1ccc(C(=O)[C@H]2[C@H]3C(=O)NC(=O)[C@H]3[C@@H]3C=Cc4ccccc4N32)cc1. The van der Waals surface area contributed by atoms with Crippen LogP contribution in [0, 0.1) is 11.8 Å². The fraction of sp³-hybridized carbons (Fsp3) is 0.217. The Morgan fingerprint density at radius 2 is 1.67 bits per heavy atom. The lowest BCUT2D eigenvalue weighted by Crippen LogP contribution is -2.47. The predicted octanol–water partition coefficient (Wildman–Crippen LogP) is 1.97. The Kier molecular flexibility index (Phi) is 4.06. The number of fused-ring (bicyclic) bond motifs is 5. The average Bonchev–Trinajstić information content (AvgIpc) is 3.23. The molecule has 3 heterocycles. The number of ketones is 1. The van der Waals surface area contributed by atoms with E-state index in [-0.39, 0.29) is 17.7 Å². The van der Waals surface area contributed by atoms with E-state index in [0.29, 0.717) is 11.3 Å². The number of hydrogen-bond acceptors (Lipinski definition) is 6. The van der Waals surface area contributed by atoms with E-state index >= 15 is 0 Å². The van der Waals surface area contributed by atoms with E-state index in [1.54, 1.807) is 24.3 Å². The molecule has 0 aromatic heterocycles. The van der Waals surface area contributed by atoms with E-state index in [1.807, 2.05) is 41.3 Å². The van der Waals surface area contributed by atoms with Gasteiger partial charge in [0.1, 0.15) is 11.8 Å². The van der Waals surface area contributed by atoms with Crippen molar-refractivity contribution in [1.29, 1.82) is 0 Å². The molecule has 7 heteroatoms. The molecule has 0 radical (unpaired) electrons. The van der Waals surface area contributed by atoms with Crippen LogP contribution in [0.15, 0.2) is 54.6 Å². The predicted molar refractivity (Wildman–Crippen MR) is 108 cm³/mol. The lowest BCUT2D eigenvalue weighted by molar-refractivity contribution is -0.132. The molecule has 3 aliphatic rings. The molecule has 4 atom stereocenters. The zero-order valence-corrected chi connectivity index (χ0v) is 16.1. The van der Waals surface area contributed by atoms with E-state index in [2.05, 4.69) is 5.32 Å². The number of hydrogen-bond donors (Lipinski definition) is 1. The summed E-state index contributed by atoms with van der Waals surface area (Å²) in [6.07, 6.45) is 3.83. The van der Waals surface area contributed by atoms with E-state index < -0.39 is 29.8 Å². The summed E-state index contributed by atoms with van der Waals surface area (Å²) in [5.74, 6) is -2.51. The van der Waals surface area contributed by atoms with Crippen LogP contribution in [0.1, 0.15) is 22.8 Å². The minimum Gasteiger partial charge on any atom is -0.427 e. The smallest absolute Gasteiger partial charge is 0.308 e. The molecule has 2 amide bonds. The molecule has 1 N–H and O–H groups in total. The van der Waals surface area contributed by atoms with Crippen LogP contribution in [-0.4, -0.2) is 35.7 Å². The number of anilines is 1. The maximum absolute atomic E-state index is 13.6. The first-order chi connectivity index (χ1) is 14.5. The second kappa shape index (κ2) is 6.66. The largest absolute Gasteiger partial charge is 0.427 e. The Bertz CT molecular complexity index is 1120. The Hall–Kier alpha value is -3.74. The number of amides is 2. The number of rotatable bonds is 3. The van der Waals surface area contributed by atoms with Crippen molar-refractivity contribution in [2.24, 2.45) is 11.8 Å². The van der Waals surface area contributed by atoms with Crippen LogP contribution in [0.3, 0.4) is 0 Å². The van der Waals surface area contributed by atoms with Crippen molar-refractivity contribution in [2.45, 2.75) is 19.0 Å². The molecule has 150 valence electrons. The zero-order valence-electron chi connectivity index (χ0n) is 16.1. The molecule has 0 unspecified atom stereocenters. The average molecular weight is 402 g/mol. The Labute approximate surface area is 172 Å². The number of ether oxygens (including phenoxy) is 1. The summed E-state index contributed by atoms with van der Waals surface area (Å²) in [6, 6.07) is 12.7. The van der Waals surface area contributed by atoms with Gasteiger partial charge in [0.25, 0.3) is 0 Å². The third-order valence-electron chi connectivity index (χ3n) is 5.92. The van der Waals surface area contributed by atoms with E-state index in [4.69, 9.17) is 4.74 Å². The third kappa shape index (κ3) is 2.66. The summed E-state index contributed by atoms with van der Waals surface area (Å²) >= 11 is 0. The lowest BCUT2D eigenvalue weighted by atomic mass is 9.86. The summed E-state index contributed by atoms with van der Waals surface area (Å²) in [7, 11) is 0. The van der Waals surface area contributed by atoms with Crippen molar-refractivity contribution in [3.8, 4) is 5.75 Å². The first-order valence-electron chi connectivity index (χ1n) is 9.68. The number of carbonyl (C=O) groups excluding carboxylic acids is 4. The normalized spacial score (nSPS) is 26.0. The molecule has 2 aromatic carbocycles. The molecule has 3 aliphatic heterocycles. The van der Waals surface area contributed by atoms with Crippen molar-refractivity contribution >= 4 is 35.3 Å². The van der Waals surface area contributed by atoms with E-state index in [1.165, 1.54) is 6.92 Å². The van der Waals surface area contributed by atoms with Gasteiger partial charge in [-0.2, -0.15) is 0 Å². The second-order valence-electron chi connectivity index (χ2n) is 7.65. The van der Waals surface area contributed by atoms with Gasteiger partial charge in [-0.25, -0.2) is 0 Å². The Morgan fingerprint density at radius 3 is 2.40 bits per heavy atom. The maximum atomic E-state index is 13.6. The van der Waals surface area contributed by atoms with Gasteiger partial charge in [0.15, 0.2) is 5.78 Å². The van der Waals surface area contributed by atoms with Gasteiger partial charge in [0.2, 0.25) is 11.8 Å². The molecule has 0 saturated carbocycles. The van der Waals surface area contributed by atoms with Crippen LogP contribution >= 0.6 is 0 Å². The quantitative estimate of drug-likeness (QED) is 0.365. The molecular formula is C23H18N2O5. The van der Waals surface area contributed by atoms with Gasteiger partial charge in [0, 0.05) is 18.2 Å². The molecule has 0 aliphatic carbocycles. The van der Waals surface area contributed by atoms with Gasteiger partial charge >= 0.3 is 5.97 Å². The van der Waals surface area contributed by atoms with Crippen LogP contribution in [0.25, 0.3) is 6.08 Å². The fourth-order valence-electron chi connectivity index (χ4n) is 4.76. The van der Waals surface area contributed by atoms with Gasteiger partial charge < -0.3 is 9.64 Å². The van der Waals surface area contributed by atoms with Gasteiger partial charge in [-0.15, -0.1) is 0 Å². The van der Waals surface area contributed by atoms with E-state index in [0.717, 1.165) is 11.3 Å². The summed E-state index contributed by atoms with van der Waals surface area (Å²) in [5, 5.41) is 2.39. The van der Waals surface area contributed by atoms with Crippen molar-refractivity contribution in [1.82, 2.24) is 5.32 Å². The number of benzene rings is 2. The zero-order chi connectivity index (χ0) is 21.0. The van der Waals surface area contributed by atoms with Crippen LogP contribution in [0.5, 0.6) is 5.75 Å².